The lowest BCUT2D eigenvalue weighted by Gasteiger charge is -2.19. The van der Waals surface area contributed by atoms with E-state index in [0.717, 1.165) is 0 Å². The van der Waals surface area contributed by atoms with Crippen molar-refractivity contribution < 1.29 is 24.0 Å². The van der Waals surface area contributed by atoms with Gasteiger partial charge in [0.05, 0.1) is 11.8 Å². The van der Waals surface area contributed by atoms with Crippen LogP contribution in [-0.2, 0) is 4.79 Å². The SMILES string of the molecule is O=C1COc2ccc(C(O)c3ccc([N+](=O)[O-])o3)cc2N1. The van der Waals surface area contributed by atoms with Crippen molar-refractivity contribution in [1.82, 2.24) is 0 Å². The first kappa shape index (κ1) is 13.1. The molecule has 108 valence electrons. The van der Waals surface area contributed by atoms with Gasteiger partial charge >= 0.3 is 5.88 Å². The maximum absolute atomic E-state index is 11.3. The van der Waals surface area contributed by atoms with Crippen LogP contribution in [0.5, 0.6) is 5.75 Å². The summed E-state index contributed by atoms with van der Waals surface area (Å²) in [5, 5.41) is 23.4. The van der Waals surface area contributed by atoms with Gasteiger partial charge in [-0.15, -0.1) is 0 Å². The van der Waals surface area contributed by atoms with Gasteiger partial charge in [0.25, 0.3) is 5.91 Å². The van der Waals surface area contributed by atoms with Crippen LogP contribution in [-0.4, -0.2) is 22.5 Å². The van der Waals surface area contributed by atoms with Gasteiger partial charge in [-0.3, -0.25) is 14.9 Å². The van der Waals surface area contributed by atoms with Crippen molar-refractivity contribution in [2.45, 2.75) is 6.10 Å². The van der Waals surface area contributed by atoms with Gasteiger partial charge < -0.3 is 19.6 Å². The largest absolute Gasteiger partial charge is 0.482 e. The lowest BCUT2D eigenvalue weighted by atomic mass is 10.1. The zero-order valence-corrected chi connectivity index (χ0v) is 10.6. The first-order valence-electron chi connectivity index (χ1n) is 6.03. The summed E-state index contributed by atoms with van der Waals surface area (Å²) in [5.74, 6) is -0.192. The number of nitrogens with zero attached hydrogens (tertiary/aromatic N) is 1. The standard InChI is InChI=1S/C13H10N2O6/c16-11-6-20-9-2-1-7(5-8(9)14-11)13(17)10-3-4-12(21-10)15(18)19/h1-5,13,17H,6H2,(H,14,16). The molecule has 3 rings (SSSR count). The molecule has 1 unspecified atom stereocenters. The molecule has 1 atom stereocenters. The van der Waals surface area contributed by atoms with Gasteiger partial charge in [-0.25, -0.2) is 0 Å². The number of carbonyl (C=O) groups is 1. The fourth-order valence-corrected chi connectivity index (χ4v) is 2.02. The molecule has 1 amide bonds. The Balaban J connectivity index is 1.90. The molecule has 1 aromatic heterocycles. The lowest BCUT2D eigenvalue weighted by molar-refractivity contribution is -0.402. The van der Waals surface area contributed by atoms with E-state index < -0.39 is 16.9 Å². The zero-order valence-electron chi connectivity index (χ0n) is 10.6. The number of aliphatic hydroxyl groups is 1. The van der Waals surface area contributed by atoms with Crippen molar-refractivity contribution in [3.05, 3.63) is 51.8 Å². The van der Waals surface area contributed by atoms with Gasteiger partial charge in [0, 0.05) is 0 Å². The van der Waals surface area contributed by atoms with Crippen LogP contribution >= 0.6 is 0 Å². The van der Waals surface area contributed by atoms with E-state index in [1.165, 1.54) is 18.2 Å². The number of rotatable bonds is 3. The van der Waals surface area contributed by atoms with Gasteiger partial charge in [0.2, 0.25) is 0 Å². The third-order valence-electron chi connectivity index (χ3n) is 3.01. The highest BCUT2D eigenvalue weighted by Gasteiger charge is 2.22. The Labute approximate surface area is 118 Å². The molecule has 1 aromatic carbocycles. The average Bonchev–Trinajstić information content (AvgIpc) is 2.95. The Morgan fingerprint density at radius 1 is 1.33 bits per heavy atom. The number of ether oxygens (including phenoxy) is 1. The number of hydrogen-bond acceptors (Lipinski definition) is 6. The number of furan rings is 1. The minimum Gasteiger partial charge on any atom is -0.482 e. The Kier molecular flexibility index (Phi) is 3.07. The molecule has 0 saturated heterocycles. The average molecular weight is 290 g/mol. The monoisotopic (exact) mass is 290 g/mol. The molecular formula is C13H10N2O6. The number of aliphatic hydroxyl groups excluding tert-OH is 1. The first-order valence-corrected chi connectivity index (χ1v) is 6.03. The number of amides is 1. The van der Waals surface area contributed by atoms with Crippen molar-refractivity contribution in [2.24, 2.45) is 0 Å². The lowest BCUT2D eigenvalue weighted by Crippen LogP contribution is -2.25. The van der Waals surface area contributed by atoms with Crippen LogP contribution < -0.4 is 10.1 Å². The molecular weight excluding hydrogens is 280 g/mol. The van der Waals surface area contributed by atoms with Gasteiger partial charge in [0.1, 0.15) is 22.5 Å². The highest BCUT2D eigenvalue weighted by molar-refractivity contribution is 5.95. The van der Waals surface area contributed by atoms with Gasteiger partial charge in [0.15, 0.2) is 6.61 Å². The van der Waals surface area contributed by atoms with Crippen LogP contribution in [0.1, 0.15) is 17.4 Å². The molecule has 8 heteroatoms. The summed E-state index contributed by atoms with van der Waals surface area (Å²) < 4.78 is 10.2. The molecule has 1 aliphatic rings. The normalized spacial score (nSPS) is 14.8. The molecule has 0 saturated carbocycles. The maximum Gasteiger partial charge on any atom is 0.433 e. The number of carbonyl (C=O) groups excluding carboxylic acids is 1. The van der Waals surface area contributed by atoms with Gasteiger partial charge in [-0.2, -0.15) is 0 Å². The second kappa shape index (κ2) is 4.91. The van der Waals surface area contributed by atoms with Crippen LogP contribution in [0.4, 0.5) is 11.6 Å². The highest BCUT2D eigenvalue weighted by atomic mass is 16.6. The van der Waals surface area contributed by atoms with E-state index in [1.807, 2.05) is 0 Å². The fourth-order valence-electron chi connectivity index (χ4n) is 2.02. The van der Waals surface area contributed by atoms with E-state index in [0.29, 0.717) is 17.0 Å². The summed E-state index contributed by atoms with van der Waals surface area (Å²) in [4.78, 5) is 21.1. The second-order valence-electron chi connectivity index (χ2n) is 4.43. The van der Waals surface area contributed by atoms with E-state index in [2.05, 4.69) is 5.32 Å². The van der Waals surface area contributed by atoms with E-state index in [-0.39, 0.29) is 18.3 Å². The van der Waals surface area contributed by atoms with E-state index in [9.17, 15) is 20.0 Å². The number of nitrogens with one attached hydrogen (secondary N) is 1. The van der Waals surface area contributed by atoms with E-state index >= 15 is 0 Å². The Hall–Kier alpha value is -2.87. The van der Waals surface area contributed by atoms with E-state index in [4.69, 9.17) is 9.15 Å². The predicted octanol–water partition coefficient (Wildman–Crippen LogP) is 1.60. The first-order chi connectivity index (χ1) is 10.0. The summed E-state index contributed by atoms with van der Waals surface area (Å²) >= 11 is 0. The summed E-state index contributed by atoms with van der Waals surface area (Å²) in [6, 6.07) is 7.23. The number of benzene rings is 1. The van der Waals surface area contributed by atoms with Crippen LogP contribution in [0.15, 0.2) is 34.7 Å². The fraction of sp³-hybridized carbons (Fsp3) is 0.154. The van der Waals surface area contributed by atoms with Crippen molar-refractivity contribution in [2.75, 3.05) is 11.9 Å². The second-order valence-corrected chi connectivity index (χ2v) is 4.43. The van der Waals surface area contributed by atoms with Crippen LogP contribution in [0.3, 0.4) is 0 Å². The topological polar surface area (TPSA) is 115 Å². The number of fused-ring (bicyclic) bond motifs is 1. The molecule has 1 aliphatic heterocycles. The molecule has 0 spiro atoms. The molecule has 21 heavy (non-hydrogen) atoms. The molecule has 8 nitrogen and oxygen atoms in total. The van der Waals surface area contributed by atoms with Gasteiger partial charge in [-0.05, 0) is 23.8 Å². The quantitative estimate of drug-likeness (QED) is 0.655. The third-order valence-corrected chi connectivity index (χ3v) is 3.01. The van der Waals surface area contributed by atoms with Crippen molar-refractivity contribution in [3.63, 3.8) is 0 Å². The Morgan fingerprint density at radius 2 is 2.14 bits per heavy atom. The number of anilines is 1. The smallest absolute Gasteiger partial charge is 0.433 e. The van der Waals surface area contributed by atoms with Crippen LogP contribution in [0, 0.1) is 10.1 Å². The van der Waals surface area contributed by atoms with Crippen molar-refractivity contribution >= 4 is 17.5 Å². The summed E-state index contributed by atoms with van der Waals surface area (Å²) in [6.45, 7) is -0.0563. The van der Waals surface area contributed by atoms with Crippen molar-refractivity contribution in [1.29, 1.82) is 0 Å². The summed E-state index contributed by atoms with van der Waals surface area (Å²) in [6.07, 6.45) is -1.18. The molecule has 0 radical (unpaired) electrons. The third kappa shape index (κ3) is 2.43. The Morgan fingerprint density at radius 3 is 2.86 bits per heavy atom. The summed E-state index contributed by atoms with van der Waals surface area (Å²) in [5.41, 5.74) is 0.854. The summed E-state index contributed by atoms with van der Waals surface area (Å²) in [7, 11) is 0. The molecule has 2 heterocycles. The molecule has 2 aromatic rings. The van der Waals surface area contributed by atoms with Crippen LogP contribution in [0.2, 0.25) is 0 Å². The number of hydrogen-bond donors (Lipinski definition) is 2. The maximum atomic E-state index is 11.3. The number of nitro groups is 1. The Bertz CT molecular complexity index is 723. The van der Waals surface area contributed by atoms with Crippen molar-refractivity contribution in [3.8, 4) is 5.75 Å². The van der Waals surface area contributed by atoms with Gasteiger partial charge in [-0.1, -0.05) is 6.07 Å². The highest BCUT2D eigenvalue weighted by Crippen LogP contribution is 2.33. The minimum absolute atomic E-state index is 0.0460. The minimum atomic E-state index is -1.18. The zero-order chi connectivity index (χ0) is 15.0. The molecule has 0 bridgehead atoms. The molecule has 0 fully saturated rings. The van der Waals surface area contributed by atoms with Crippen LogP contribution in [0.25, 0.3) is 0 Å². The molecule has 0 aliphatic carbocycles. The molecule has 2 N–H and O–H groups in total. The van der Waals surface area contributed by atoms with E-state index in [1.54, 1.807) is 12.1 Å². The predicted molar refractivity (Wildman–Crippen MR) is 70.0 cm³/mol.